The summed E-state index contributed by atoms with van der Waals surface area (Å²) in [6.07, 6.45) is 8.60. The Balaban J connectivity index is 1.81. The van der Waals surface area contributed by atoms with Crippen LogP contribution in [0.2, 0.25) is 0 Å². The first kappa shape index (κ1) is 12.9. The summed E-state index contributed by atoms with van der Waals surface area (Å²) in [5.74, 6) is 1.81. The van der Waals surface area contributed by atoms with Crippen LogP contribution in [-0.2, 0) is 0 Å². The molecule has 2 N–H and O–H groups in total. The fourth-order valence-electron chi connectivity index (χ4n) is 5.52. The third kappa shape index (κ3) is 1.76. The smallest absolute Gasteiger partial charge is 0.0731 e. The van der Waals surface area contributed by atoms with E-state index in [1.54, 1.807) is 0 Å². The van der Waals surface area contributed by atoms with E-state index in [-0.39, 0.29) is 0 Å². The maximum atomic E-state index is 11.3. The minimum absolute atomic E-state index is 0.362. The Morgan fingerprint density at radius 2 is 1.72 bits per heavy atom. The average Bonchev–Trinajstić information content (AvgIpc) is 2.30. The van der Waals surface area contributed by atoms with Gasteiger partial charge in [0, 0.05) is 0 Å². The van der Waals surface area contributed by atoms with E-state index in [1.165, 1.54) is 12.8 Å². The van der Waals surface area contributed by atoms with E-state index in [2.05, 4.69) is 13.8 Å². The van der Waals surface area contributed by atoms with Crippen LogP contribution in [0, 0.1) is 23.7 Å². The van der Waals surface area contributed by atoms with Gasteiger partial charge in [-0.3, -0.25) is 0 Å². The van der Waals surface area contributed by atoms with Crippen LogP contribution in [0.3, 0.4) is 0 Å². The Morgan fingerprint density at radius 1 is 1.11 bits per heavy atom. The van der Waals surface area contributed by atoms with Crippen molar-refractivity contribution in [3.63, 3.8) is 0 Å². The van der Waals surface area contributed by atoms with Gasteiger partial charge in [0.05, 0.1) is 11.2 Å². The first-order chi connectivity index (χ1) is 8.48. The molecule has 3 unspecified atom stereocenters. The fourth-order valence-corrected chi connectivity index (χ4v) is 5.52. The van der Waals surface area contributed by atoms with Crippen LogP contribution < -0.4 is 0 Å². The summed E-state index contributed by atoms with van der Waals surface area (Å²) in [5, 5.41) is 21.9. The number of rotatable bonds is 4. The van der Waals surface area contributed by atoms with Gasteiger partial charge in [0.15, 0.2) is 0 Å². The molecular formula is C16H28O2. The number of hydrogen-bond acceptors (Lipinski definition) is 2. The fraction of sp³-hybridized carbons (Fsp3) is 1.00. The number of hydrogen-bond donors (Lipinski definition) is 2. The Kier molecular flexibility index (Phi) is 3.02. The van der Waals surface area contributed by atoms with Gasteiger partial charge >= 0.3 is 0 Å². The molecule has 3 atom stereocenters. The van der Waals surface area contributed by atoms with Crippen molar-refractivity contribution in [2.45, 2.75) is 76.4 Å². The zero-order chi connectivity index (χ0) is 13.0. The Morgan fingerprint density at radius 3 is 2.22 bits per heavy atom. The predicted octanol–water partition coefficient (Wildman–Crippen LogP) is 3.11. The molecule has 0 aromatic carbocycles. The van der Waals surface area contributed by atoms with Gasteiger partial charge in [-0.15, -0.1) is 0 Å². The van der Waals surface area contributed by atoms with Crippen LogP contribution in [-0.4, -0.2) is 21.4 Å². The lowest BCUT2D eigenvalue weighted by Crippen LogP contribution is -2.65. The molecule has 0 aliphatic heterocycles. The second-order valence-corrected chi connectivity index (χ2v) is 7.50. The molecule has 0 aromatic heterocycles. The van der Waals surface area contributed by atoms with Crippen LogP contribution >= 0.6 is 0 Å². The molecule has 4 saturated carbocycles. The van der Waals surface area contributed by atoms with E-state index in [9.17, 15) is 10.2 Å². The van der Waals surface area contributed by atoms with Crippen molar-refractivity contribution in [1.29, 1.82) is 0 Å². The zero-order valence-corrected chi connectivity index (χ0v) is 11.9. The van der Waals surface area contributed by atoms with E-state index in [1.807, 2.05) is 0 Å². The molecule has 4 rings (SSSR count). The summed E-state index contributed by atoms with van der Waals surface area (Å²) in [5.41, 5.74) is -0.897. The predicted molar refractivity (Wildman–Crippen MR) is 72.1 cm³/mol. The van der Waals surface area contributed by atoms with E-state index >= 15 is 0 Å². The first-order valence-electron chi connectivity index (χ1n) is 7.92. The third-order valence-corrected chi connectivity index (χ3v) is 6.25. The largest absolute Gasteiger partial charge is 0.390 e. The van der Waals surface area contributed by atoms with Crippen LogP contribution in [0.25, 0.3) is 0 Å². The lowest BCUT2D eigenvalue weighted by atomic mass is 9.46. The van der Waals surface area contributed by atoms with Gasteiger partial charge in [0.2, 0.25) is 0 Å². The molecule has 4 aliphatic rings. The van der Waals surface area contributed by atoms with Crippen molar-refractivity contribution < 1.29 is 10.2 Å². The van der Waals surface area contributed by atoms with Crippen LogP contribution in [0.15, 0.2) is 0 Å². The Labute approximate surface area is 111 Å². The van der Waals surface area contributed by atoms with Gasteiger partial charge in [0.1, 0.15) is 0 Å². The number of unbranched alkanes of at least 4 members (excludes halogenated alkanes) is 1. The second-order valence-electron chi connectivity index (χ2n) is 7.50. The van der Waals surface area contributed by atoms with Gasteiger partial charge in [-0.2, -0.15) is 0 Å². The lowest BCUT2D eigenvalue weighted by molar-refractivity contribution is -0.244. The minimum Gasteiger partial charge on any atom is -0.390 e. The summed E-state index contributed by atoms with van der Waals surface area (Å²) in [6.45, 7) is 4.46. The highest BCUT2D eigenvalue weighted by molar-refractivity contribution is 5.13. The van der Waals surface area contributed by atoms with Gasteiger partial charge in [0.25, 0.3) is 0 Å². The molecule has 104 valence electrons. The summed E-state index contributed by atoms with van der Waals surface area (Å²) in [4.78, 5) is 0. The molecule has 0 amide bonds. The van der Waals surface area contributed by atoms with E-state index in [4.69, 9.17) is 0 Å². The topological polar surface area (TPSA) is 40.5 Å². The summed E-state index contributed by atoms with van der Waals surface area (Å²) in [7, 11) is 0. The third-order valence-electron chi connectivity index (χ3n) is 6.25. The van der Waals surface area contributed by atoms with Gasteiger partial charge in [-0.25, -0.2) is 0 Å². The summed E-state index contributed by atoms with van der Waals surface area (Å²) >= 11 is 0. The highest BCUT2D eigenvalue weighted by atomic mass is 16.3. The average molecular weight is 252 g/mol. The van der Waals surface area contributed by atoms with E-state index < -0.39 is 11.2 Å². The molecule has 18 heavy (non-hydrogen) atoms. The van der Waals surface area contributed by atoms with Crippen molar-refractivity contribution in [3.8, 4) is 0 Å². The SMILES string of the molecule is CCCCC(C)C1(O)C2CC3CC1CC(O)(C3)C2. The van der Waals surface area contributed by atoms with E-state index in [0.29, 0.717) is 23.7 Å². The molecular weight excluding hydrogens is 224 g/mol. The summed E-state index contributed by atoms with van der Waals surface area (Å²) < 4.78 is 0. The molecule has 4 aliphatic carbocycles. The first-order valence-corrected chi connectivity index (χ1v) is 7.92. The zero-order valence-electron chi connectivity index (χ0n) is 11.9. The quantitative estimate of drug-likeness (QED) is 0.807. The lowest BCUT2D eigenvalue weighted by Gasteiger charge is -2.63. The maximum Gasteiger partial charge on any atom is 0.0731 e. The van der Waals surface area contributed by atoms with Gasteiger partial charge in [-0.05, 0) is 62.2 Å². The molecule has 0 radical (unpaired) electrons. The summed E-state index contributed by atoms with van der Waals surface area (Å²) in [6, 6.07) is 0. The molecule has 0 aromatic rings. The van der Waals surface area contributed by atoms with Crippen LogP contribution in [0.5, 0.6) is 0 Å². The van der Waals surface area contributed by atoms with Crippen LogP contribution in [0.4, 0.5) is 0 Å². The Hall–Kier alpha value is -0.0800. The highest BCUT2D eigenvalue weighted by Crippen LogP contribution is 2.62. The molecule has 0 spiro atoms. The van der Waals surface area contributed by atoms with Gasteiger partial charge < -0.3 is 10.2 Å². The molecule has 2 nitrogen and oxygen atoms in total. The second kappa shape index (κ2) is 4.21. The molecule has 4 bridgehead atoms. The standard InChI is InChI=1S/C16H28O2/c1-3-4-5-11(2)16(18)13-6-12-7-14(16)10-15(17,8-12)9-13/h11-14,17-18H,3-10H2,1-2H3. The highest BCUT2D eigenvalue weighted by Gasteiger charge is 2.62. The molecule has 0 heterocycles. The normalized spacial score (nSPS) is 51.7. The van der Waals surface area contributed by atoms with Crippen molar-refractivity contribution in [3.05, 3.63) is 0 Å². The Bertz CT molecular complexity index is 309. The molecule has 4 fully saturated rings. The van der Waals surface area contributed by atoms with E-state index in [0.717, 1.165) is 38.5 Å². The molecule has 2 heteroatoms. The van der Waals surface area contributed by atoms with Crippen molar-refractivity contribution in [2.75, 3.05) is 0 Å². The monoisotopic (exact) mass is 252 g/mol. The van der Waals surface area contributed by atoms with Gasteiger partial charge in [-0.1, -0.05) is 26.7 Å². The number of aliphatic hydroxyl groups is 2. The maximum absolute atomic E-state index is 11.3. The molecule has 0 saturated heterocycles. The van der Waals surface area contributed by atoms with Crippen molar-refractivity contribution in [1.82, 2.24) is 0 Å². The van der Waals surface area contributed by atoms with Crippen molar-refractivity contribution >= 4 is 0 Å². The van der Waals surface area contributed by atoms with Crippen LogP contribution in [0.1, 0.15) is 65.2 Å². The minimum atomic E-state index is -0.474. The van der Waals surface area contributed by atoms with Crippen molar-refractivity contribution in [2.24, 2.45) is 23.7 Å².